The van der Waals surface area contributed by atoms with Crippen LogP contribution in [0.25, 0.3) is 21.5 Å². The summed E-state index contributed by atoms with van der Waals surface area (Å²) in [4.78, 5) is 0. The Kier molecular flexibility index (Phi) is 3.70. The van der Waals surface area contributed by atoms with Crippen LogP contribution in [-0.2, 0) is 0 Å². The fraction of sp³-hybridized carbons (Fsp3) is 0.263. The molecule has 0 fully saturated rings. The number of ether oxygens (including phenoxy) is 2. The molecule has 0 aromatic heterocycles. The number of rotatable bonds is 4. The van der Waals surface area contributed by atoms with E-state index >= 15 is 0 Å². The second-order valence-electron chi connectivity index (χ2n) is 5.10. The van der Waals surface area contributed by atoms with Crippen molar-refractivity contribution < 1.29 is 9.47 Å². The molecule has 2 heteroatoms. The van der Waals surface area contributed by atoms with Crippen LogP contribution in [0.1, 0.15) is 19.4 Å². The van der Waals surface area contributed by atoms with Gasteiger partial charge >= 0.3 is 0 Å². The maximum absolute atomic E-state index is 5.99. The van der Waals surface area contributed by atoms with Crippen molar-refractivity contribution in [3.05, 3.63) is 48.0 Å². The molecule has 3 rings (SSSR count). The molecule has 3 aromatic carbocycles. The van der Waals surface area contributed by atoms with Gasteiger partial charge in [0.1, 0.15) is 11.5 Å². The van der Waals surface area contributed by atoms with E-state index in [2.05, 4.69) is 43.3 Å². The van der Waals surface area contributed by atoms with Crippen LogP contribution in [0.15, 0.2) is 42.5 Å². The van der Waals surface area contributed by atoms with Crippen molar-refractivity contribution in [1.82, 2.24) is 0 Å². The first-order chi connectivity index (χ1) is 10.3. The fourth-order valence-corrected chi connectivity index (χ4v) is 2.81. The Morgan fingerprint density at radius 1 is 0.810 bits per heavy atom. The van der Waals surface area contributed by atoms with Crippen molar-refractivity contribution in [2.45, 2.75) is 20.8 Å². The lowest BCUT2D eigenvalue weighted by Crippen LogP contribution is -1.99. The van der Waals surface area contributed by atoms with E-state index in [-0.39, 0.29) is 0 Å². The first-order valence-corrected chi connectivity index (χ1v) is 7.47. The van der Waals surface area contributed by atoms with E-state index in [4.69, 9.17) is 9.47 Å². The average molecular weight is 280 g/mol. The number of hydrogen-bond acceptors (Lipinski definition) is 2. The number of benzene rings is 3. The van der Waals surface area contributed by atoms with Crippen molar-refractivity contribution in [3.8, 4) is 11.5 Å². The van der Waals surface area contributed by atoms with E-state index in [0.717, 1.165) is 33.2 Å². The van der Waals surface area contributed by atoms with Crippen LogP contribution < -0.4 is 9.47 Å². The van der Waals surface area contributed by atoms with Gasteiger partial charge in [0.25, 0.3) is 0 Å². The van der Waals surface area contributed by atoms with Gasteiger partial charge in [0.15, 0.2) is 0 Å². The molecule has 0 amide bonds. The summed E-state index contributed by atoms with van der Waals surface area (Å²) < 4.78 is 11.9. The molecule has 0 saturated heterocycles. The normalized spacial score (nSPS) is 11.0. The first-order valence-electron chi connectivity index (χ1n) is 7.47. The molecular weight excluding hydrogens is 260 g/mol. The van der Waals surface area contributed by atoms with Gasteiger partial charge in [-0.1, -0.05) is 36.4 Å². The van der Waals surface area contributed by atoms with E-state index in [1.165, 1.54) is 5.39 Å². The Labute approximate surface area is 125 Å². The van der Waals surface area contributed by atoms with Gasteiger partial charge in [0.2, 0.25) is 0 Å². The second kappa shape index (κ2) is 5.65. The molecule has 0 unspecified atom stereocenters. The van der Waals surface area contributed by atoms with E-state index < -0.39 is 0 Å². The summed E-state index contributed by atoms with van der Waals surface area (Å²) in [6, 6.07) is 14.8. The highest BCUT2D eigenvalue weighted by Crippen LogP contribution is 2.41. The smallest absolute Gasteiger partial charge is 0.138 e. The number of hydrogen-bond donors (Lipinski definition) is 0. The van der Waals surface area contributed by atoms with Crippen molar-refractivity contribution >= 4 is 21.5 Å². The molecule has 0 aliphatic heterocycles. The Bertz CT molecular complexity index is 790. The van der Waals surface area contributed by atoms with E-state index in [1.807, 2.05) is 19.9 Å². The second-order valence-corrected chi connectivity index (χ2v) is 5.10. The summed E-state index contributed by atoms with van der Waals surface area (Å²) in [5, 5.41) is 4.57. The summed E-state index contributed by atoms with van der Waals surface area (Å²) in [5.41, 5.74) is 1.14. The van der Waals surface area contributed by atoms with Crippen molar-refractivity contribution in [1.29, 1.82) is 0 Å². The topological polar surface area (TPSA) is 18.5 Å². The Morgan fingerprint density at radius 2 is 1.52 bits per heavy atom. The van der Waals surface area contributed by atoms with E-state index in [1.54, 1.807) is 0 Å². The lowest BCUT2D eigenvalue weighted by atomic mass is 9.99. The lowest BCUT2D eigenvalue weighted by Gasteiger charge is -2.17. The van der Waals surface area contributed by atoms with Gasteiger partial charge in [-0.3, -0.25) is 0 Å². The highest BCUT2D eigenvalue weighted by atomic mass is 16.5. The standard InChI is InChI=1S/C19H20O2/c1-4-20-18-13(3)10-11-15-12-14-8-6-7-9-16(14)19(17(15)18)21-5-2/h6-12H,4-5H2,1-3H3. The van der Waals surface area contributed by atoms with Crippen LogP contribution >= 0.6 is 0 Å². The molecule has 108 valence electrons. The van der Waals surface area contributed by atoms with Crippen molar-refractivity contribution in [2.75, 3.05) is 13.2 Å². The SMILES string of the molecule is CCOc1c(C)ccc2cc3ccccc3c(OCC)c12. The quantitative estimate of drug-likeness (QED) is 0.619. The molecule has 0 bridgehead atoms. The predicted molar refractivity (Wildman–Crippen MR) is 88.5 cm³/mol. The van der Waals surface area contributed by atoms with Crippen LogP contribution in [0.5, 0.6) is 11.5 Å². The van der Waals surface area contributed by atoms with Crippen LogP contribution in [-0.4, -0.2) is 13.2 Å². The molecule has 0 N–H and O–H groups in total. The molecule has 0 heterocycles. The largest absolute Gasteiger partial charge is 0.493 e. The zero-order chi connectivity index (χ0) is 14.8. The average Bonchev–Trinajstić information content (AvgIpc) is 2.50. The Balaban J connectivity index is 2.46. The van der Waals surface area contributed by atoms with Gasteiger partial charge in [-0.25, -0.2) is 0 Å². The van der Waals surface area contributed by atoms with Gasteiger partial charge < -0.3 is 9.47 Å². The maximum atomic E-state index is 5.99. The van der Waals surface area contributed by atoms with Crippen LogP contribution in [0.2, 0.25) is 0 Å². The molecule has 3 aromatic rings. The van der Waals surface area contributed by atoms with Gasteiger partial charge in [-0.2, -0.15) is 0 Å². The number of aryl methyl sites for hydroxylation is 1. The number of fused-ring (bicyclic) bond motifs is 2. The third-order valence-electron chi connectivity index (χ3n) is 3.71. The van der Waals surface area contributed by atoms with E-state index in [0.29, 0.717) is 13.2 Å². The molecule has 0 aliphatic carbocycles. The van der Waals surface area contributed by atoms with Gasteiger partial charge in [-0.05, 0) is 43.2 Å². The monoisotopic (exact) mass is 280 g/mol. The summed E-state index contributed by atoms with van der Waals surface area (Å²) in [5.74, 6) is 1.86. The molecular formula is C19H20O2. The summed E-state index contributed by atoms with van der Waals surface area (Å²) in [7, 11) is 0. The van der Waals surface area contributed by atoms with Crippen molar-refractivity contribution in [2.24, 2.45) is 0 Å². The first kappa shape index (κ1) is 13.7. The van der Waals surface area contributed by atoms with Crippen molar-refractivity contribution in [3.63, 3.8) is 0 Å². The third-order valence-corrected chi connectivity index (χ3v) is 3.71. The highest BCUT2D eigenvalue weighted by molar-refractivity contribution is 6.08. The highest BCUT2D eigenvalue weighted by Gasteiger charge is 2.15. The Hall–Kier alpha value is -2.22. The van der Waals surface area contributed by atoms with Crippen LogP contribution in [0, 0.1) is 6.92 Å². The molecule has 0 atom stereocenters. The fourth-order valence-electron chi connectivity index (χ4n) is 2.81. The molecule has 0 spiro atoms. The lowest BCUT2D eigenvalue weighted by molar-refractivity contribution is 0.332. The minimum atomic E-state index is 0.641. The molecule has 0 aliphatic rings. The van der Waals surface area contributed by atoms with Gasteiger partial charge in [0.05, 0.1) is 18.6 Å². The predicted octanol–water partition coefficient (Wildman–Crippen LogP) is 5.10. The van der Waals surface area contributed by atoms with Crippen LogP contribution in [0.4, 0.5) is 0 Å². The van der Waals surface area contributed by atoms with Gasteiger partial charge in [-0.15, -0.1) is 0 Å². The zero-order valence-electron chi connectivity index (χ0n) is 12.8. The van der Waals surface area contributed by atoms with E-state index in [9.17, 15) is 0 Å². The zero-order valence-corrected chi connectivity index (χ0v) is 12.8. The minimum absolute atomic E-state index is 0.641. The van der Waals surface area contributed by atoms with Crippen LogP contribution in [0.3, 0.4) is 0 Å². The summed E-state index contributed by atoms with van der Waals surface area (Å²) in [6.07, 6.45) is 0. The third kappa shape index (κ3) is 2.31. The molecule has 0 radical (unpaired) electrons. The molecule has 21 heavy (non-hydrogen) atoms. The minimum Gasteiger partial charge on any atom is -0.493 e. The Morgan fingerprint density at radius 3 is 2.29 bits per heavy atom. The molecule has 2 nitrogen and oxygen atoms in total. The molecule has 0 saturated carbocycles. The summed E-state index contributed by atoms with van der Waals surface area (Å²) >= 11 is 0. The summed E-state index contributed by atoms with van der Waals surface area (Å²) in [6.45, 7) is 7.40. The van der Waals surface area contributed by atoms with Gasteiger partial charge in [0, 0.05) is 5.39 Å². The maximum Gasteiger partial charge on any atom is 0.138 e.